The van der Waals surface area contributed by atoms with Crippen molar-refractivity contribution in [3.05, 3.63) is 69.3 Å². The van der Waals surface area contributed by atoms with E-state index in [4.69, 9.17) is 0 Å². The normalized spacial score (nSPS) is 14.6. The molecule has 3 rings (SSSR count). The third-order valence-electron chi connectivity index (χ3n) is 5.66. The molecule has 1 heterocycles. The van der Waals surface area contributed by atoms with Crippen LogP contribution in [-0.4, -0.2) is 40.9 Å². The number of carbonyl (C=O) groups is 2. The molecule has 1 saturated heterocycles. The van der Waals surface area contributed by atoms with E-state index in [9.17, 15) is 19.7 Å². The van der Waals surface area contributed by atoms with Gasteiger partial charge < -0.3 is 4.90 Å². The van der Waals surface area contributed by atoms with Crippen molar-refractivity contribution in [2.45, 2.75) is 38.0 Å². The molecule has 0 atom stereocenters. The molecule has 0 spiro atoms. The Bertz CT molecular complexity index is 964. The molecule has 0 bridgehead atoms. The summed E-state index contributed by atoms with van der Waals surface area (Å²) in [5, 5.41) is 11.3. The van der Waals surface area contributed by atoms with Gasteiger partial charge in [-0.25, -0.2) is 0 Å². The molecule has 7 heteroatoms. The molecule has 31 heavy (non-hydrogen) atoms. The minimum atomic E-state index is -0.458. The number of benzene rings is 2. The van der Waals surface area contributed by atoms with E-state index in [-0.39, 0.29) is 23.3 Å². The van der Waals surface area contributed by atoms with Crippen molar-refractivity contribution in [1.82, 2.24) is 4.90 Å². The molecule has 1 fully saturated rings. The van der Waals surface area contributed by atoms with Crippen LogP contribution < -0.4 is 0 Å². The van der Waals surface area contributed by atoms with Crippen LogP contribution >= 0.6 is 11.8 Å². The van der Waals surface area contributed by atoms with E-state index in [0.717, 1.165) is 12.0 Å². The number of Topliss-reactive ketones (excluding diaryl/α,β-unsaturated/α-hetero) is 1. The summed E-state index contributed by atoms with van der Waals surface area (Å²) in [6.45, 7) is 5.28. The van der Waals surface area contributed by atoms with E-state index in [1.165, 1.54) is 23.4 Å². The first-order valence-electron chi connectivity index (χ1n) is 10.5. The molecule has 0 aliphatic carbocycles. The van der Waals surface area contributed by atoms with Gasteiger partial charge in [0.15, 0.2) is 5.78 Å². The molecule has 164 valence electrons. The summed E-state index contributed by atoms with van der Waals surface area (Å²) in [7, 11) is 0. The lowest BCUT2D eigenvalue weighted by molar-refractivity contribution is -0.387. The molecule has 1 amide bonds. The molecule has 1 aliphatic heterocycles. The van der Waals surface area contributed by atoms with Gasteiger partial charge in [-0.3, -0.25) is 19.7 Å². The second kappa shape index (κ2) is 10.1. The molecule has 0 radical (unpaired) electrons. The van der Waals surface area contributed by atoms with Gasteiger partial charge in [-0.05, 0) is 49.1 Å². The van der Waals surface area contributed by atoms with Crippen LogP contribution in [-0.2, 0) is 6.42 Å². The number of thioether (sulfide) groups is 1. The molecular formula is C24H28N2O4S. The predicted molar refractivity (Wildman–Crippen MR) is 123 cm³/mol. The summed E-state index contributed by atoms with van der Waals surface area (Å²) in [6, 6.07) is 12.5. The average Bonchev–Trinajstić information content (AvgIpc) is 2.78. The van der Waals surface area contributed by atoms with Crippen molar-refractivity contribution in [2.75, 3.05) is 19.3 Å². The SMILES string of the molecule is CSc1ccc(C(=O)N2CCC(C(=O)c3ccc(CC(C)C)cc3)CC2)cc1[N+](=O)[O-]. The molecule has 0 aromatic heterocycles. The minimum Gasteiger partial charge on any atom is -0.339 e. The maximum Gasteiger partial charge on any atom is 0.283 e. The van der Waals surface area contributed by atoms with E-state index < -0.39 is 4.92 Å². The van der Waals surface area contributed by atoms with Crippen molar-refractivity contribution in [1.29, 1.82) is 0 Å². The number of hydrogen-bond acceptors (Lipinski definition) is 5. The summed E-state index contributed by atoms with van der Waals surface area (Å²) in [5.74, 6) is 0.373. The summed E-state index contributed by atoms with van der Waals surface area (Å²) in [6.07, 6.45) is 3.96. The van der Waals surface area contributed by atoms with Crippen molar-refractivity contribution in [3.63, 3.8) is 0 Å². The summed E-state index contributed by atoms with van der Waals surface area (Å²) >= 11 is 1.28. The monoisotopic (exact) mass is 440 g/mol. The van der Waals surface area contributed by atoms with E-state index in [1.807, 2.05) is 24.3 Å². The Kier molecular flexibility index (Phi) is 7.49. The largest absolute Gasteiger partial charge is 0.339 e. The van der Waals surface area contributed by atoms with Gasteiger partial charge in [-0.2, -0.15) is 0 Å². The van der Waals surface area contributed by atoms with E-state index in [0.29, 0.717) is 42.3 Å². The molecule has 2 aromatic rings. The number of nitro benzene ring substituents is 1. The fraction of sp³-hybridized carbons (Fsp3) is 0.417. The predicted octanol–water partition coefficient (Wildman–Crippen LogP) is 5.25. The number of nitro groups is 1. The van der Waals surface area contributed by atoms with Gasteiger partial charge in [0.05, 0.1) is 9.82 Å². The van der Waals surface area contributed by atoms with Gasteiger partial charge >= 0.3 is 0 Å². The van der Waals surface area contributed by atoms with E-state index in [1.54, 1.807) is 23.3 Å². The number of nitrogens with zero attached hydrogens (tertiary/aromatic N) is 2. The van der Waals surface area contributed by atoms with Crippen molar-refractivity contribution in [3.8, 4) is 0 Å². The van der Waals surface area contributed by atoms with Crippen molar-refractivity contribution >= 4 is 29.1 Å². The fourth-order valence-electron chi connectivity index (χ4n) is 4.01. The van der Waals surface area contributed by atoms with E-state index >= 15 is 0 Å². The van der Waals surface area contributed by atoms with Gasteiger partial charge in [0.1, 0.15) is 0 Å². The number of rotatable bonds is 7. The van der Waals surface area contributed by atoms with Crippen LogP contribution in [0.4, 0.5) is 5.69 Å². The number of amides is 1. The number of ketones is 1. The second-order valence-corrected chi connectivity index (χ2v) is 9.22. The Morgan fingerprint density at radius 2 is 1.71 bits per heavy atom. The Hall–Kier alpha value is -2.67. The van der Waals surface area contributed by atoms with Crippen LogP contribution in [0.1, 0.15) is 53.0 Å². The van der Waals surface area contributed by atoms with Crippen LogP contribution in [0, 0.1) is 22.0 Å². The highest BCUT2D eigenvalue weighted by Gasteiger charge is 2.29. The lowest BCUT2D eigenvalue weighted by Crippen LogP contribution is -2.40. The molecular weight excluding hydrogens is 412 g/mol. The van der Waals surface area contributed by atoms with Gasteiger partial charge in [0, 0.05) is 36.2 Å². The molecule has 2 aromatic carbocycles. The average molecular weight is 441 g/mol. The highest BCUT2D eigenvalue weighted by atomic mass is 32.2. The highest BCUT2D eigenvalue weighted by Crippen LogP contribution is 2.30. The third-order valence-corrected chi connectivity index (χ3v) is 6.44. The molecule has 0 unspecified atom stereocenters. The highest BCUT2D eigenvalue weighted by molar-refractivity contribution is 7.98. The molecule has 0 N–H and O–H groups in total. The maximum atomic E-state index is 12.9. The smallest absolute Gasteiger partial charge is 0.283 e. The zero-order valence-corrected chi connectivity index (χ0v) is 19.0. The van der Waals surface area contributed by atoms with Crippen LogP contribution in [0.2, 0.25) is 0 Å². The van der Waals surface area contributed by atoms with Crippen LogP contribution in [0.3, 0.4) is 0 Å². The van der Waals surface area contributed by atoms with Crippen LogP contribution in [0.5, 0.6) is 0 Å². The van der Waals surface area contributed by atoms with Crippen LogP contribution in [0.25, 0.3) is 0 Å². The quantitative estimate of drug-likeness (QED) is 0.254. The third kappa shape index (κ3) is 5.53. The number of hydrogen-bond donors (Lipinski definition) is 0. The van der Waals surface area contributed by atoms with Crippen molar-refractivity contribution < 1.29 is 14.5 Å². The molecule has 0 saturated carbocycles. The van der Waals surface area contributed by atoms with Gasteiger partial charge in [0.2, 0.25) is 0 Å². The summed E-state index contributed by atoms with van der Waals surface area (Å²) < 4.78 is 0. The van der Waals surface area contributed by atoms with Gasteiger partial charge in [-0.1, -0.05) is 38.1 Å². The second-order valence-electron chi connectivity index (χ2n) is 8.37. The van der Waals surface area contributed by atoms with Crippen molar-refractivity contribution in [2.24, 2.45) is 11.8 Å². The Morgan fingerprint density at radius 3 is 2.26 bits per heavy atom. The first-order chi connectivity index (χ1) is 14.8. The zero-order valence-electron chi connectivity index (χ0n) is 18.2. The summed E-state index contributed by atoms with van der Waals surface area (Å²) in [4.78, 5) is 38.8. The van der Waals surface area contributed by atoms with Crippen LogP contribution in [0.15, 0.2) is 47.4 Å². The summed E-state index contributed by atoms with van der Waals surface area (Å²) in [5.41, 5.74) is 2.22. The number of likely N-dealkylation sites (tertiary alicyclic amines) is 1. The number of piperidine rings is 1. The molecule has 6 nitrogen and oxygen atoms in total. The van der Waals surface area contributed by atoms with Gasteiger partial charge in [0.25, 0.3) is 11.6 Å². The lowest BCUT2D eigenvalue weighted by Gasteiger charge is -2.31. The Labute approximate surface area is 187 Å². The zero-order chi connectivity index (χ0) is 22.5. The first kappa shape index (κ1) is 23.0. The Balaban J connectivity index is 1.62. The fourth-order valence-corrected chi connectivity index (χ4v) is 4.55. The minimum absolute atomic E-state index is 0.0515. The topological polar surface area (TPSA) is 80.5 Å². The van der Waals surface area contributed by atoms with E-state index in [2.05, 4.69) is 13.8 Å². The molecule has 1 aliphatic rings. The Morgan fingerprint density at radius 1 is 1.10 bits per heavy atom. The maximum absolute atomic E-state index is 12.9. The standard InChI is InChI=1S/C24H28N2O4S/c1-16(2)14-17-4-6-18(7-5-17)23(27)19-10-12-25(13-11-19)24(28)20-8-9-22(31-3)21(15-20)26(29)30/h4-9,15-16,19H,10-14H2,1-3H3. The first-order valence-corrected chi connectivity index (χ1v) is 11.8. The number of carbonyl (C=O) groups excluding carboxylic acids is 2. The lowest BCUT2D eigenvalue weighted by atomic mass is 9.88. The van der Waals surface area contributed by atoms with Gasteiger partial charge in [-0.15, -0.1) is 11.8 Å².